The average molecular weight is 324 g/mol. The van der Waals surface area contributed by atoms with Gasteiger partial charge in [0.15, 0.2) is 11.4 Å². The number of esters is 1. The van der Waals surface area contributed by atoms with Crippen LogP contribution in [0.1, 0.15) is 16.2 Å². The third-order valence-corrected chi connectivity index (χ3v) is 3.66. The van der Waals surface area contributed by atoms with Gasteiger partial charge in [0, 0.05) is 24.6 Å². The lowest BCUT2D eigenvalue weighted by molar-refractivity contribution is -0.125. The Morgan fingerprint density at radius 3 is 2.54 bits per heavy atom. The Hall–Kier alpha value is -3.13. The smallest absolute Gasteiger partial charge is 0.366 e. The van der Waals surface area contributed by atoms with Gasteiger partial charge in [-0.3, -0.25) is 4.79 Å². The molecule has 0 unspecified atom stereocenters. The molecule has 1 amide bonds. The second kappa shape index (κ2) is 5.82. The zero-order chi connectivity index (χ0) is 16.5. The number of benzene rings is 1. The van der Waals surface area contributed by atoms with Crippen molar-refractivity contribution < 1.29 is 19.1 Å². The second-order valence-corrected chi connectivity index (χ2v) is 5.17. The highest BCUT2D eigenvalue weighted by Gasteiger charge is 2.30. The Labute approximate surface area is 136 Å². The van der Waals surface area contributed by atoms with Crippen molar-refractivity contribution in [2.24, 2.45) is 4.99 Å². The Kier molecular flexibility index (Phi) is 3.51. The van der Waals surface area contributed by atoms with Crippen LogP contribution in [0.5, 0.6) is 0 Å². The van der Waals surface area contributed by atoms with Gasteiger partial charge in [0.1, 0.15) is 6.61 Å². The summed E-state index contributed by atoms with van der Waals surface area (Å²) >= 11 is 0. The van der Waals surface area contributed by atoms with Crippen molar-refractivity contribution in [3.8, 4) is 0 Å². The molecule has 0 N–H and O–H groups in total. The molecule has 4 rings (SSSR count). The molecular weight excluding hydrogens is 312 g/mol. The van der Waals surface area contributed by atoms with E-state index in [9.17, 15) is 9.59 Å². The number of hydrogen-bond acceptors (Lipinski definition) is 7. The molecule has 8 heteroatoms. The van der Waals surface area contributed by atoms with E-state index in [1.165, 1.54) is 12.4 Å². The van der Waals surface area contributed by atoms with Crippen LogP contribution in [0.4, 0.5) is 11.4 Å². The van der Waals surface area contributed by atoms with Gasteiger partial charge in [-0.25, -0.2) is 19.8 Å². The lowest BCUT2D eigenvalue weighted by Gasteiger charge is -2.26. The van der Waals surface area contributed by atoms with Gasteiger partial charge in [0.2, 0.25) is 0 Å². The summed E-state index contributed by atoms with van der Waals surface area (Å²) < 4.78 is 10.2. The van der Waals surface area contributed by atoms with Crippen molar-refractivity contribution in [3.63, 3.8) is 0 Å². The van der Waals surface area contributed by atoms with E-state index < -0.39 is 5.97 Å². The highest BCUT2D eigenvalue weighted by Crippen LogP contribution is 2.24. The fourth-order valence-corrected chi connectivity index (χ4v) is 2.52. The molecule has 0 atom stereocenters. The first-order valence-corrected chi connectivity index (χ1v) is 7.33. The van der Waals surface area contributed by atoms with Crippen molar-refractivity contribution in [2.45, 2.75) is 0 Å². The summed E-state index contributed by atoms with van der Waals surface area (Å²) in [6.07, 6.45) is 2.90. The summed E-state index contributed by atoms with van der Waals surface area (Å²) in [5.74, 6) is -0.514. The first kappa shape index (κ1) is 14.5. The van der Waals surface area contributed by atoms with Gasteiger partial charge in [-0.1, -0.05) is 0 Å². The van der Waals surface area contributed by atoms with Crippen LogP contribution < -0.4 is 4.90 Å². The van der Waals surface area contributed by atoms with Crippen molar-refractivity contribution in [3.05, 3.63) is 48.0 Å². The molecule has 1 aromatic heterocycles. The molecule has 24 heavy (non-hydrogen) atoms. The summed E-state index contributed by atoms with van der Waals surface area (Å²) in [4.78, 5) is 37.5. The van der Waals surface area contributed by atoms with E-state index >= 15 is 0 Å². The standard InChI is InChI=1S/C16H12N4O4/c21-12-9-23-8-7-20(12)11-3-1-10(2-4-11)19-15-13-14(16(22)24-15)18-6-5-17-13/h1-6H,7-9H2/b19-15-. The van der Waals surface area contributed by atoms with Crippen molar-refractivity contribution in [1.29, 1.82) is 0 Å². The molecule has 2 aliphatic heterocycles. The first-order chi connectivity index (χ1) is 11.7. The van der Waals surface area contributed by atoms with E-state index in [-0.39, 0.29) is 24.1 Å². The summed E-state index contributed by atoms with van der Waals surface area (Å²) in [7, 11) is 0. The fourth-order valence-electron chi connectivity index (χ4n) is 2.52. The van der Waals surface area contributed by atoms with Crippen LogP contribution >= 0.6 is 0 Å². The average Bonchev–Trinajstić information content (AvgIpc) is 2.93. The Morgan fingerprint density at radius 2 is 1.79 bits per heavy atom. The molecule has 8 nitrogen and oxygen atoms in total. The number of aliphatic imine (C=N–C) groups is 1. The van der Waals surface area contributed by atoms with Gasteiger partial charge in [0.25, 0.3) is 11.8 Å². The number of amides is 1. The maximum Gasteiger partial charge on any atom is 0.366 e. The summed E-state index contributed by atoms with van der Waals surface area (Å²) in [5, 5.41) is 0. The zero-order valence-corrected chi connectivity index (χ0v) is 12.5. The Balaban J connectivity index is 1.60. The summed E-state index contributed by atoms with van der Waals surface area (Å²) in [6.45, 7) is 1.13. The molecule has 0 radical (unpaired) electrons. The number of carbonyl (C=O) groups excluding carboxylic acids is 2. The molecule has 0 bridgehead atoms. The zero-order valence-electron chi connectivity index (χ0n) is 12.5. The van der Waals surface area contributed by atoms with Crippen LogP contribution in [0.3, 0.4) is 0 Å². The fraction of sp³-hybridized carbons (Fsp3) is 0.188. The third-order valence-electron chi connectivity index (χ3n) is 3.66. The molecule has 2 aromatic rings. The third kappa shape index (κ3) is 2.52. The number of hydrogen-bond donors (Lipinski definition) is 0. The molecule has 0 aliphatic carbocycles. The number of morpholine rings is 1. The van der Waals surface area contributed by atoms with E-state index in [1.54, 1.807) is 29.2 Å². The number of carbonyl (C=O) groups is 2. The molecule has 1 saturated heterocycles. The molecule has 120 valence electrons. The van der Waals surface area contributed by atoms with Gasteiger partial charge in [0.05, 0.1) is 12.3 Å². The summed E-state index contributed by atoms with van der Waals surface area (Å²) in [5.41, 5.74) is 1.85. The number of ether oxygens (including phenoxy) is 2. The molecule has 2 aliphatic rings. The predicted octanol–water partition coefficient (Wildman–Crippen LogP) is 1.09. The van der Waals surface area contributed by atoms with Crippen LogP contribution in [-0.2, 0) is 14.3 Å². The van der Waals surface area contributed by atoms with Gasteiger partial charge >= 0.3 is 5.97 Å². The molecule has 0 spiro atoms. The Morgan fingerprint density at radius 1 is 1.04 bits per heavy atom. The van der Waals surface area contributed by atoms with Gasteiger partial charge in [-0.05, 0) is 24.3 Å². The number of cyclic esters (lactones) is 1. The van der Waals surface area contributed by atoms with Crippen LogP contribution in [0.25, 0.3) is 0 Å². The minimum atomic E-state index is -0.563. The highest BCUT2D eigenvalue weighted by molar-refractivity contribution is 6.15. The van der Waals surface area contributed by atoms with Gasteiger partial charge < -0.3 is 14.4 Å². The molecule has 0 saturated carbocycles. The maximum atomic E-state index is 11.8. The van der Waals surface area contributed by atoms with Crippen molar-refractivity contribution in [2.75, 3.05) is 24.7 Å². The van der Waals surface area contributed by atoms with Crippen molar-refractivity contribution >= 4 is 29.1 Å². The van der Waals surface area contributed by atoms with Gasteiger partial charge in [-0.15, -0.1) is 0 Å². The maximum absolute atomic E-state index is 11.8. The predicted molar refractivity (Wildman–Crippen MR) is 83.3 cm³/mol. The van der Waals surface area contributed by atoms with Crippen LogP contribution in [-0.4, -0.2) is 47.5 Å². The van der Waals surface area contributed by atoms with Crippen molar-refractivity contribution in [1.82, 2.24) is 9.97 Å². The summed E-state index contributed by atoms with van der Waals surface area (Å²) in [6, 6.07) is 7.06. The molecule has 3 heterocycles. The monoisotopic (exact) mass is 324 g/mol. The van der Waals surface area contributed by atoms with E-state index in [1.807, 2.05) is 0 Å². The van der Waals surface area contributed by atoms with Gasteiger partial charge in [-0.2, -0.15) is 0 Å². The number of anilines is 1. The largest absolute Gasteiger partial charge is 0.400 e. The number of fused-ring (bicyclic) bond motifs is 1. The number of rotatable bonds is 2. The topological polar surface area (TPSA) is 94.0 Å². The normalized spacial score (nSPS) is 18.7. The van der Waals surface area contributed by atoms with Crippen LogP contribution in [0, 0.1) is 0 Å². The van der Waals surface area contributed by atoms with Crippen LogP contribution in [0.2, 0.25) is 0 Å². The molecular formula is C16H12N4O4. The first-order valence-electron chi connectivity index (χ1n) is 7.33. The number of aromatic nitrogens is 2. The highest BCUT2D eigenvalue weighted by atomic mass is 16.5. The van der Waals surface area contributed by atoms with Crippen LogP contribution in [0.15, 0.2) is 41.7 Å². The Bertz CT molecular complexity index is 847. The van der Waals surface area contributed by atoms with E-state index in [2.05, 4.69) is 15.0 Å². The quantitative estimate of drug-likeness (QED) is 0.768. The molecule has 1 fully saturated rings. The SMILES string of the molecule is O=C1O/C(=N\c2ccc(N3CCOCC3=O)cc2)c2nccnc21. The lowest BCUT2D eigenvalue weighted by Crippen LogP contribution is -2.41. The van der Waals surface area contributed by atoms with E-state index in [0.29, 0.717) is 24.5 Å². The minimum Gasteiger partial charge on any atom is -0.400 e. The molecule has 1 aromatic carbocycles. The lowest BCUT2D eigenvalue weighted by atomic mass is 10.2. The number of nitrogens with zero attached hydrogens (tertiary/aromatic N) is 4. The van der Waals surface area contributed by atoms with E-state index in [4.69, 9.17) is 9.47 Å². The second-order valence-electron chi connectivity index (χ2n) is 5.17. The minimum absolute atomic E-state index is 0.0748. The van der Waals surface area contributed by atoms with E-state index in [0.717, 1.165) is 5.69 Å².